The first-order chi connectivity index (χ1) is 7.84. The van der Waals surface area contributed by atoms with Gasteiger partial charge in [-0.25, -0.2) is 0 Å². The zero-order valence-electron chi connectivity index (χ0n) is 8.82. The van der Waals surface area contributed by atoms with E-state index in [0.717, 1.165) is 29.6 Å². The normalized spacial score (nSPS) is 20.4. The number of nitrogens with zero attached hydrogens (tertiary/aromatic N) is 1. The highest BCUT2D eigenvalue weighted by molar-refractivity contribution is 9.10. The molecule has 1 fully saturated rings. The van der Waals surface area contributed by atoms with Crippen molar-refractivity contribution in [1.82, 2.24) is 4.98 Å². The van der Waals surface area contributed by atoms with E-state index < -0.39 is 0 Å². The molecule has 1 aromatic heterocycles. The zero-order valence-corrected chi connectivity index (χ0v) is 10.4. The van der Waals surface area contributed by atoms with Crippen LogP contribution in [0.1, 0.15) is 24.6 Å². The lowest BCUT2D eigenvalue weighted by molar-refractivity contribution is 0.110. The van der Waals surface area contributed by atoms with Crippen LogP contribution in [0.25, 0.3) is 10.8 Å². The van der Waals surface area contributed by atoms with Gasteiger partial charge in [-0.3, -0.25) is 4.98 Å². The minimum atomic E-state index is 0.185. The summed E-state index contributed by atoms with van der Waals surface area (Å²) in [4.78, 5) is 4.48. The highest BCUT2D eigenvalue weighted by Crippen LogP contribution is 2.32. The SMILES string of the molecule is Brc1ccc2c(C3CCCO3)nccc2c1. The molecule has 16 heavy (non-hydrogen) atoms. The number of rotatable bonds is 1. The summed E-state index contributed by atoms with van der Waals surface area (Å²) in [5.41, 5.74) is 1.09. The van der Waals surface area contributed by atoms with Crippen LogP contribution in [-0.4, -0.2) is 11.6 Å². The second-order valence-electron chi connectivity index (χ2n) is 4.06. The van der Waals surface area contributed by atoms with Gasteiger partial charge in [-0.2, -0.15) is 0 Å². The number of pyridine rings is 1. The average Bonchev–Trinajstić information content (AvgIpc) is 2.81. The summed E-state index contributed by atoms with van der Waals surface area (Å²) in [5, 5.41) is 2.42. The lowest BCUT2D eigenvalue weighted by Gasteiger charge is -2.11. The molecule has 1 unspecified atom stereocenters. The van der Waals surface area contributed by atoms with Crippen LogP contribution in [0, 0.1) is 0 Å². The molecule has 0 aliphatic carbocycles. The quantitative estimate of drug-likeness (QED) is 0.790. The van der Waals surface area contributed by atoms with Gasteiger partial charge in [-0.1, -0.05) is 22.0 Å². The van der Waals surface area contributed by atoms with E-state index in [1.165, 1.54) is 10.8 Å². The first-order valence-corrected chi connectivity index (χ1v) is 6.30. The van der Waals surface area contributed by atoms with Gasteiger partial charge in [-0.15, -0.1) is 0 Å². The predicted molar refractivity (Wildman–Crippen MR) is 67.4 cm³/mol. The van der Waals surface area contributed by atoms with E-state index in [1.807, 2.05) is 12.3 Å². The molecule has 1 aromatic carbocycles. The smallest absolute Gasteiger partial charge is 0.100 e. The molecule has 0 spiro atoms. The van der Waals surface area contributed by atoms with Crippen molar-refractivity contribution in [1.29, 1.82) is 0 Å². The van der Waals surface area contributed by atoms with Crippen LogP contribution in [0.4, 0.5) is 0 Å². The average molecular weight is 278 g/mol. The molecule has 1 atom stereocenters. The Morgan fingerprint density at radius 1 is 1.31 bits per heavy atom. The largest absolute Gasteiger partial charge is 0.372 e. The van der Waals surface area contributed by atoms with Crippen molar-refractivity contribution in [2.75, 3.05) is 6.61 Å². The maximum Gasteiger partial charge on any atom is 0.100 e. The van der Waals surface area contributed by atoms with Crippen LogP contribution in [0.5, 0.6) is 0 Å². The van der Waals surface area contributed by atoms with E-state index in [-0.39, 0.29) is 6.10 Å². The summed E-state index contributed by atoms with van der Waals surface area (Å²) in [5.74, 6) is 0. The molecule has 0 amide bonds. The van der Waals surface area contributed by atoms with Crippen LogP contribution < -0.4 is 0 Å². The monoisotopic (exact) mass is 277 g/mol. The molecular weight excluding hydrogens is 266 g/mol. The van der Waals surface area contributed by atoms with Gasteiger partial charge in [-0.05, 0) is 36.4 Å². The molecular formula is C13H12BrNO. The molecule has 2 heterocycles. The number of hydrogen-bond donors (Lipinski definition) is 0. The Bertz CT molecular complexity index is 520. The van der Waals surface area contributed by atoms with Crippen molar-refractivity contribution in [2.45, 2.75) is 18.9 Å². The van der Waals surface area contributed by atoms with Crippen LogP contribution in [0.2, 0.25) is 0 Å². The minimum Gasteiger partial charge on any atom is -0.372 e. The van der Waals surface area contributed by atoms with Crippen molar-refractivity contribution in [2.24, 2.45) is 0 Å². The molecule has 0 N–H and O–H groups in total. The molecule has 3 rings (SSSR count). The topological polar surface area (TPSA) is 22.1 Å². The zero-order chi connectivity index (χ0) is 11.0. The van der Waals surface area contributed by atoms with Gasteiger partial charge in [0.1, 0.15) is 6.10 Å². The fourth-order valence-electron chi connectivity index (χ4n) is 2.22. The van der Waals surface area contributed by atoms with Gasteiger partial charge in [0.15, 0.2) is 0 Å². The third kappa shape index (κ3) is 1.74. The van der Waals surface area contributed by atoms with Gasteiger partial charge in [0, 0.05) is 22.7 Å². The maximum atomic E-state index is 5.70. The van der Waals surface area contributed by atoms with Crippen molar-refractivity contribution in [3.8, 4) is 0 Å². The van der Waals surface area contributed by atoms with Gasteiger partial charge in [0.05, 0.1) is 5.69 Å². The molecule has 0 bridgehead atoms. The molecule has 0 saturated carbocycles. The molecule has 0 radical (unpaired) electrons. The lowest BCUT2D eigenvalue weighted by atomic mass is 10.0. The summed E-state index contributed by atoms with van der Waals surface area (Å²) in [6.07, 6.45) is 4.28. The Morgan fingerprint density at radius 2 is 2.25 bits per heavy atom. The first-order valence-electron chi connectivity index (χ1n) is 5.50. The first kappa shape index (κ1) is 10.2. The predicted octanol–water partition coefficient (Wildman–Crippen LogP) is 3.85. The highest BCUT2D eigenvalue weighted by atomic mass is 79.9. The summed E-state index contributed by atoms with van der Waals surface area (Å²) >= 11 is 3.49. The number of benzene rings is 1. The molecule has 1 aliphatic rings. The fourth-order valence-corrected chi connectivity index (χ4v) is 2.60. The van der Waals surface area contributed by atoms with Crippen molar-refractivity contribution >= 4 is 26.7 Å². The van der Waals surface area contributed by atoms with E-state index in [0.29, 0.717) is 0 Å². The standard InChI is InChI=1S/C13H12BrNO/c14-10-3-4-11-9(8-10)5-6-15-13(11)12-2-1-7-16-12/h3-6,8,12H,1-2,7H2. The Kier molecular flexibility index (Phi) is 2.65. The molecule has 1 saturated heterocycles. The molecule has 82 valence electrons. The maximum absolute atomic E-state index is 5.70. The number of fused-ring (bicyclic) bond motifs is 1. The van der Waals surface area contributed by atoms with Crippen molar-refractivity contribution < 1.29 is 4.74 Å². The Balaban J connectivity index is 2.16. The number of aromatic nitrogens is 1. The highest BCUT2D eigenvalue weighted by Gasteiger charge is 2.20. The Labute approximate surface area is 103 Å². The van der Waals surface area contributed by atoms with E-state index in [1.54, 1.807) is 0 Å². The van der Waals surface area contributed by atoms with Crippen molar-refractivity contribution in [3.63, 3.8) is 0 Å². The second kappa shape index (κ2) is 4.15. The van der Waals surface area contributed by atoms with Crippen LogP contribution >= 0.6 is 15.9 Å². The summed E-state index contributed by atoms with van der Waals surface area (Å²) in [6, 6.07) is 8.33. The summed E-state index contributed by atoms with van der Waals surface area (Å²) < 4.78 is 6.80. The van der Waals surface area contributed by atoms with Crippen molar-refractivity contribution in [3.05, 3.63) is 40.6 Å². The van der Waals surface area contributed by atoms with E-state index in [2.05, 4.69) is 39.1 Å². The van der Waals surface area contributed by atoms with Gasteiger partial charge < -0.3 is 4.74 Å². The van der Waals surface area contributed by atoms with Crippen LogP contribution in [0.15, 0.2) is 34.9 Å². The van der Waals surface area contributed by atoms with Crippen LogP contribution in [-0.2, 0) is 4.74 Å². The lowest BCUT2D eigenvalue weighted by Crippen LogP contribution is -1.99. The second-order valence-corrected chi connectivity index (χ2v) is 4.98. The van der Waals surface area contributed by atoms with Gasteiger partial charge in [0.25, 0.3) is 0 Å². The van der Waals surface area contributed by atoms with Gasteiger partial charge in [0.2, 0.25) is 0 Å². The Hall–Kier alpha value is -0.930. The minimum absolute atomic E-state index is 0.185. The third-order valence-corrected chi connectivity index (χ3v) is 3.49. The Morgan fingerprint density at radius 3 is 3.06 bits per heavy atom. The van der Waals surface area contributed by atoms with E-state index in [4.69, 9.17) is 4.74 Å². The molecule has 2 aromatic rings. The van der Waals surface area contributed by atoms with Gasteiger partial charge >= 0.3 is 0 Å². The molecule has 3 heteroatoms. The van der Waals surface area contributed by atoms with Crippen LogP contribution in [0.3, 0.4) is 0 Å². The molecule has 1 aliphatic heterocycles. The fraction of sp³-hybridized carbons (Fsp3) is 0.308. The number of hydrogen-bond acceptors (Lipinski definition) is 2. The summed E-state index contributed by atoms with van der Waals surface area (Å²) in [6.45, 7) is 0.860. The van der Waals surface area contributed by atoms with E-state index in [9.17, 15) is 0 Å². The molecule has 2 nitrogen and oxygen atoms in total. The third-order valence-electron chi connectivity index (χ3n) is 2.99. The van der Waals surface area contributed by atoms with E-state index >= 15 is 0 Å². The number of halogens is 1. The number of ether oxygens (including phenoxy) is 1. The summed E-state index contributed by atoms with van der Waals surface area (Å²) in [7, 11) is 0.